The second kappa shape index (κ2) is 7.60. The summed E-state index contributed by atoms with van der Waals surface area (Å²) < 4.78 is 32.1. The molecular formula is C15H23NO5S. The first-order valence-electron chi connectivity index (χ1n) is 7.11. The zero-order valence-electron chi connectivity index (χ0n) is 13.2. The van der Waals surface area contributed by atoms with Crippen molar-refractivity contribution in [2.45, 2.75) is 38.6 Å². The van der Waals surface area contributed by atoms with Crippen LogP contribution >= 0.6 is 0 Å². The summed E-state index contributed by atoms with van der Waals surface area (Å²) in [7, 11) is -3.88. The largest absolute Gasteiger partial charge is 0.493 e. The van der Waals surface area contributed by atoms with Crippen molar-refractivity contribution in [2.24, 2.45) is 11.8 Å². The Morgan fingerprint density at radius 3 is 2.14 bits per heavy atom. The van der Waals surface area contributed by atoms with Gasteiger partial charge in [0.25, 0.3) is 0 Å². The van der Waals surface area contributed by atoms with Gasteiger partial charge < -0.3 is 9.84 Å². The van der Waals surface area contributed by atoms with E-state index in [9.17, 15) is 13.2 Å². The number of hydrogen-bond acceptors (Lipinski definition) is 4. The normalized spacial score (nSPS) is 13.4. The van der Waals surface area contributed by atoms with Crippen LogP contribution in [0.1, 0.15) is 27.7 Å². The van der Waals surface area contributed by atoms with Crippen molar-refractivity contribution < 1.29 is 23.1 Å². The highest BCUT2D eigenvalue weighted by atomic mass is 32.2. The number of aliphatic carboxylic acids is 1. The van der Waals surface area contributed by atoms with E-state index >= 15 is 0 Å². The van der Waals surface area contributed by atoms with Crippen molar-refractivity contribution in [3.63, 3.8) is 0 Å². The van der Waals surface area contributed by atoms with Gasteiger partial charge in [-0.15, -0.1) is 0 Å². The summed E-state index contributed by atoms with van der Waals surface area (Å²) in [4.78, 5) is 11.1. The van der Waals surface area contributed by atoms with Gasteiger partial charge in [0.15, 0.2) is 0 Å². The summed E-state index contributed by atoms with van der Waals surface area (Å²) in [6.45, 7) is 7.86. The Labute approximate surface area is 131 Å². The molecule has 7 heteroatoms. The molecule has 0 saturated heterocycles. The fourth-order valence-electron chi connectivity index (χ4n) is 1.68. The molecular weight excluding hydrogens is 306 g/mol. The van der Waals surface area contributed by atoms with Gasteiger partial charge in [-0.25, -0.2) is 8.42 Å². The number of benzene rings is 1. The molecule has 124 valence electrons. The van der Waals surface area contributed by atoms with Crippen LogP contribution in [0.3, 0.4) is 0 Å². The minimum Gasteiger partial charge on any atom is -0.493 e. The summed E-state index contributed by atoms with van der Waals surface area (Å²) in [6.07, 6.45) is 0. The summed E-state index contributed by atoms with van der Waals surface area (Å²) in [5, 5.41) is 9.07. The van der Waals surface area contributed by atoms with Crippen LogP contribution in [0.5, 0.6) is 5.75 Å². The number of ether oxygens (including phenoxy) is 1. The lowest BCUT2D eigenvalue weighted by Gasteiger charge is -2.18. The lowest BCUT2D eigenvalue weighted by Crippen LogP contribution is -2.44. The van der Waals surface area contributed by atoms with Crippen LogP contribution in [-0.2, 0) is 14.8 Å². The quantitative estimate of drug-likeness (QED) is 0.762. The predicted octanol–water partition coefficient (Wildman–Crippen LogP) is 2.11. The van der Waals surface area contributed by atoms with Gasteiger partial charge in [-0.05, 0) is 36.1 Å². The summed E-state index contributed by atoms with van der Waals surface area (Å²) in [5.74, 6) is -0.616. The third kappa shape index (κ3) is 5.31. The highest BCUT2D eigenvalue weighted by Crippen LogP contribution is 2.17. The van der Waals surface area contributed by atoms with Gasteiger partial charge in [0.1, 0.15) is 11.8 Å². The molecule has 0 spiro atoms. The van der Waals surface area contributed by atoms with Crippen LogP contribution in [0.15, 0.2) is 29.2 Å². The number of hydrogen-bond donors (Lipinski definition) is 2. The molecule has 1 aromatic carbocycles. The van der Waals surface area contributed by atoms with E-state index in [1.165, 1.54) is 12.1 Å². The van der Waals surface area contributed by atoms with Crippen molar-refractivity contribution in [3.05, 3.63) is 24.3 Å². The molecule has 1 rings (SSSR count). The fraction of sp³-hybridized carbons (Fsp3) is 0.533. The van der Waals surface area contributed by atoms with Crippen LogP contribution in [-0.4, -0.2) is 32.1 Å². The number of nitrogens with one attached hydrogen (secondary N) is 1. The van der Waals surface area contributed by atoms with E-state index in [4.69, 9.17) is 9.84 Å². The molecule has 0 bridgehead atoms. The topological polar surface area (TPSA) is 92.7 Å². The zero-order valence-corrected chi connectivity index (χ0v) is 14.1. The van der Waals surface area contributed by atoms with E-state index in [-0.39, 0.29) is 10.8 Å². The molecule has 0 heterocycles. The minimum absolute atomic E-state index is 0.0105. The van der Waals surface area contributed by atoms with Crippen LogP contribution < -0.4 is 9.46 Å². The molecule has 0 aromatic heterocycles. The summed E-state index contributed by atoms with van der Waals surface area (Å²) in [5.41, 5.74) is 0. The Morgan fingerprint density at radius 1 is 1.18 bits per heavy atom. The predicted molar refractivity (Wildman–Crippen MR) is 83.4 cm³/mol. The van der Waals surface area contributed by atoms with E-state index in [0.717, 1.165) is 0 Å². The van der Waals surface area contributed by atoms with Gasteiger partial charge >= 0.3 is 5.97 Å². The SMILES string of the molecule is CC(C)COc1ccc(S(=O)(=O)NC(C(=O)O)C(C)C)cc1. The van der Waals surface area contributed by atoms with Crippen molar-refractivity contribution in [1.29, 1.82) is 0 Å². The average Bonchev–Trinajstić information content (AvgIpc) is 2.42. The van der Waals surface area contributed by atoms with Crippen molar-refractivity contribution in [3.8, 4) is 5.75 Å². The molecule has 0 aliphatic carbocycles. The summed E-state index contributed by atoms with van der Waals surface area (Å²) >= 11 is 0. The molecule has 2 N–H and O–H groups in total. The maximum absolute atomic E-state index is 12.2. The molecule has 1 atom stereocenters. The maximum Gasteiger partial charge on any atom is 0.322 e. The smallest absolute Gasteiger partial charge is 0.322 e. The molecule has 0 aliphatic rings. The van der Waals surface area contributed by atoms with Crippen LogP contribution in [0.25, 0.3) is 0 Å². The molecule has 1 unspecified atom stereocenters. The Balaban J connectivity index is 2.87. The van der Waals surface area contributed by atoms with Gasteiger partial charge in [0, 0.05) is 0 Å². The van der Waals surface area contributed by atoms with E-state index in [1.807, 2.05) is 13.8 Å². The van der Waals surface area contributed by atoms with E-state index in [0.29, 0.717) is 18.3 Å². The monoisotopic (exact) mass is 329 g/mol. The Kier molecular flexibility index (Phi) is 6.37. The number of carbonyl (C=O) groups is 1. The maximum atomic E-state index is 12.2. The molecule has 0 aliphatic heterocycles. The van der Waals surface area contributed by atoms with Crippen molar-refractivity contribution in [2.75, 3.05) is 6.61 Å². The van der Waals surface area contributed by atoms with Gasteiger partial charge in [-0.3, -0.25) is 4.79 Å². The molecule has 0 saturated carbocycles. The molecule has 6 nitrogen and oxygen atoms in total. The molecule has 0 amide bonds. The van der Waals surface area contributed by atoms with Crippen LogP contribution in [0, 0.1) is 11.8 Å². The van der Waals surface area contributed by atoms with Gasteiger partial charge in [0.2, 0.25) is 10.0 Å². The Morgan fingerprint density at radius 2 is 1.73 bits per heavy atom. The van der Waals surface area contributed by atoms with Gasteiger partial charge in [-0.1, -0.05) is 27.7 Å². The average molecular weight is 329 g/mol. The number of rotatable bonds is 8. The van der Waals surface area contributed by atoms with E-state index in [1.54, 1.807) is 26.0 Å². The lowest BCUT2D eigenvalue weighted by molar-refractivity contribution is -0.140. The first-order chi connectivity index (χ1) is 10.1. The Bertz CT molecular complexity index is 593. The molecule has 22 heavy (non-hydrogen) atoms. The van der Waals surface area contributed by atoms with E-state index < -0.39 is 22.0 Å². The first kappa shape index (κ1) is 18.4. The number of carboxylic acid groups (broad SMARTS) is 1. The zero-order chi connectivity index (χ0) is 16.9. The number of carboxylic acids is 1. The first-order valence-corrected chi connectivity index (χ1v) is 8.59. The van der Waals surface area contributed by atoms with Crippen LogP contribution in [0.2, 0.25) is 0 Å². The standard InChI is InChI=1S/C15H23NO5S/c1-10(2)9-21-12-5-7-13(8-6-12)22(19,20)16-14(11(3)4)15(17)18/h5-8,10-11,14,16H,9H2,1-4H3,(H,17,18). The van der Waals surface area contributed by atoms with Crippen molar-refractivity contribution in [1.82, 2.24) is 4.72 Å². The molecule has 1 aromatic rings. The molecule has 0 radical (unpaired) electrons. The van der Waals surface area contributed by atoms with Crippen LogP contribution in [0.4, 0.5) is 0 Å². The number of sulfonamides is 1. The van der Waals surface area contributed by atoms with Gasteiger partial charge in [0.05, 0.1) is 11.5 Å². The summed E-state index contributed by atoms with van der Waals surface area (Å²) in [6, 6.07) is 4.75. The minimum atomic E-state index is -3.88. The fourth-order valence-corrected chi connectivity index (χ4v) is 3.02. The lowest BCUT2D eigenvalue weighted by atomic mass is 10.1. The third-order valence-corrected chi connectivity index (χ3v) is 4.39. The Hall–Kier alpha value is -1.60. The second-order valence-electron chi connectivity index (χ2n) is 5.86. The van der Waals surface area contributed by atoms with Crippen molar-refractivity contribution >= 4 is 16.0 Å². The third-order valence-electron chi connectivity index (χ3n) is 2.93. The molecule has 0 fully saturated rings. The highest BCUT2D eigenvalue weighted by molar-refractivity contribution is 7.89. The van der Waals surface area contributed by atoms with Gasteiger partial charge in [-0.2, -0.15) is 4.72 Å². The van der Waals surface area contributed by atoms with E-state index in [2.05, 4.69) is 4.72 Å². The second-order valence-corrected chi connectivity index (χ2v) is 7.57. The highest BCUT2D eigenvalue weighted by Gasteiger charge is 2.27.